The molecule has 0 radical (unpaired) electrons. The molecule has 1 saturated heterocycles. The zero-order chi connectivity index (χ0) is 13.7. The Morgan fingerprint density at radius 3 is 3.16 bits per heavy atom. The predicted molar refractivity (Wildman–Crippen MR) is 70.1 cm³/mol. The van der Waals surface area contributed by atoms with Gasteiger partial charge in [-0.2, -0.15) is 5.10 Å². The molecule has 0 saturated carbocycles. The first kappa shape index (κ1) is 13.1. The van der Waals surface area contributed by atoms with Crippen LogP contribution >= 0.6 is 0 Å². The fraction of sp³-hybridized carbons (Fsp3) is 0.417. The van der Waals surface area contributed by atoms with Crippen LogP contribution in [-0.2, 0) is 9.53 Å². The van der Waals surface area contributed by atoms with E-state index >= 15 is 0 Å². The molecule has 1 aliphatic heterocycles. The van der Waals surface area contributed by atoms with Crippen molar-refractivity contribution in [3.05, 3.63) is 18.0 Å². The molecular formula is C12H16N4O3. The summed E-state index contributed by atoms with van der Waals surface area (Å²) in [4.78, 5) is 25.7. The number of rotatable bonds is 4. The van der Waals surface area contributed by atoms with Crippen LogP contribution < -0.4 is 10.7 Å². The number of carbonyl (C=O) groups is 2. The second kappa shape index (κ2) is 6.03. The molecule has 0 spiro atoms. The Labute approximate surface area is 110 Å². The van der Waals surface area contributed by atoms with E-state index in [0.29, 0.717) is 36.7 Å². The van der Waals surface area contributed by atoms with Crippen LogP contribution in [0, 0.1) is 0 Å². The molecule has 7 nitrogen and oxygen atoms in total. The molecule has 0 atom stereocenters. The summed E-state index contributed by atoms with van der Waals surface area (Å²) in [5.74, 6) is -0.571. The number of anilines is 1. The summed E-state index contributed by atoms with van der Waals surface area (Å²) in [6, 6.07) is 1.59. The van der Waals surface area contributed by atoms with Crippen molar-refractivity contribution in [3.63, 3.8) is 0 Å². The van der Waals surface area contributed by atoms with Gasteiger partial charge in [-0.1, -0.05) is 0 Å². The van der Waals surface area contributed by atoms with Crippen LogP contribution in [0.4, 0.5) is 5.69 Å². The maximum atomic E-state index is 11.5. The topological polar surface area (TPSA) is 95.6 Å². The molecule has 1 fully saturated rings. The van der Waals surface area contributed by atoms with E-state index in [0.717, 1.165) is 6.42 Å². The molecule has 1 aromatic rings. The highest BCUT2D eigenvalue weighted by Crippen LogP contribution is 2.11. The van der Waals surface area contributed by atoms with Crippen LogP contribution in [0.3, 0.4) is 0 Å². The Morgan fingerprint density at radius 1 is 1.58 bits per heavy atom. The monoisotopic (exact) mass is 264 g/mol. The summed E-state index contributed by atoms with van der Waals surface area (Å²) in [7, 11) is 0. The van der Waals surface area contributed by atoms with Gasteiger partial charge in [-0.3, -0.25) is 10.2 Å². The summed E-state index contributed by atoms with van der Waals surface area (Å²) < 4.78 is 4.85. The fourth-order valence-electron chi connectivity index (χ4n) is 1.70. The number of aromatic amines is 1. The van der Waals surface area contributed by atoms with Crippen molar-refractivity contribution in [3.8, 4) is 0 Å². The third-order valence-electron chi connectivity index (χ3n) is 2.64. The zero-order valence-corrected chi connectivity index (χ0v) is 10.7. The Bertz CT molecular complexity index is 507. The molecule has 102 valence electrons. The minimum atomic E-state index is -0.418. The molecule has 3 N–H and O–H groups in total. The number of hydrogen-bond donors (Lipinski definition) is 3. The van der Waals surface area contributed by atoms with E-state index in [1.165, 1.54) is 0 Å². The first-order valence-electron chi connectivity index (χ1n) is 6.17. The molecule has 0 aliphatic carbocycles. The molecule has 1 aliphatic rings. The van der Waals surface area contributed by atoms with Crippen molar-refractivity contribution < 1.29 is 14.3 Å². The smallest absolute Gasteiger partial charge is 0.354 e. The van der Waals surface area contributed by atoms with Crippen molar-refractivity contribution in [1.29, 1.82) is 0 Å². The molecule has 19 heavy (non-hydrogen) atoms. The molecule has 1 aromatic heterocycles. The average molecular weight is 264 g/mol. The lowest BCUT2D eigenvalue weighted by Crippen LogP contribution is -2.37. The Kier molecular flexibility index (Phi) is 4.17. The number of nitrogens with one attached hydrogen (secondary N) is 3. The lowest BCUT2D eigenvalue weighted by atomic mass is 10.1. The molecule has 2 rings (SSSR count). The van der Waals surface area contributed by atoms with E-state index in [-0.39, 0.29) is 5.91 Å². The van der Waals surface area contributed by atoms with Crippen LogP contribution in [-0.4, -0.2) is 35.7 Å². The first-order chi connectivity index (χ1) is 9.20. The third kappa shape index (κ3) is 3.34. The molecule has 1 amide bonds. The van der Waals surface area contributed by atoms with E-state index in [2.05, 4.69) is 20.8 Å². The van der Waals surface area contributed by atoms with Gasteiger partial charge in [-0.25, -0.2) is 4.79 Å². The maximum absolute atomic E-state index is 11.5. The van der Waals surface area contributed by atoms with Crippen LogP contribution in [0.5, 0.6) is 0 Å². The quantitative estimate of drug-likeness (QED) is 0.555. The number of piperidine rings is 1. The van der Waals surface area contributed by atoms with Gasteiger partial charge in [0.2, 0.25) is 0 Å². The Morgan fingerprint density at radius 2 is 2.42 bits per heavy atom. The second-order valence-corrected chi connectivity index (χ2v) is 4.05. The first-order valence-corrected chi connectivity index (χ1v) is 6.17. The molecule has 0 bridgehead atoms. The Balaban J connectivity index is 1.98. The van der Waals surface area contributed by atoms with E-state index in [1.807, 2.05) is 0 Å². The minimum absolute atomic E-state index is 0.153. The second-order valence-electron chi connectivity index (χ2n) is 4.05. The highest BCUT2D eigenvalue weighted by Gasteiger charge is 2.16. The number of esters is 1. The number of nitrogens with zero attached hydrogens (tertiary/aromatic N) is 1. The molecule has 0 unspecified atom stereocenters. The largest absolute Gasteiger partial charge is 0.461 e. The van der Waals surface area contributed by atoms with E-state index < -0.39 is 5.97 Å². The van der Waals surface area contributed by atoms with Gasteiger partial charge in [0.05, 0.1) is 12.3 Å². The number of amides is 1. The van der Waals surface area contributed by atoms with Gasteiger partial charge in [0.1, 0.15) is 11.4 Å². The van der Waals surface area contributed by atoms with Crippen LogP contribution in [0.15, 0.2) is 17.4 Å². The van der Waals surface area contributed by atoms with Crippen molar-refractivity contribution in [2.75, 3.05) is 18.6 Å². The summed E-state index contributed by atoms with van der Waals surface area (Å²) in [6.07, 6.45) is 3.12. The number of H-pyrrole nitrogens is 1. The number of aromatic nitrogens is 1. The Hall–Kier alpha value is -2.31. The average Bonchev–Trinajstić information content (AvgIpc) is 2.87. The predicted octanol–water partition coefficient (Wildman–Crippen LogP) is 0.869. The van der Waals surface area contributed by atoms with Gasteiger partial charge in [-0.05, 0) is 25.8 Å². The number of hydrogen-bond acceptors (Lipinski definition) is 5. The third-order valence-corrected chi connectivity index (χ3v) is 2.64. The SMILES string of the molecule is CCOC(=O)c1cc(N/N=C2/CCCNC2=O)c[nH]1. The lowest BCUT2D eigenvalue weighted by Gasteiger charge is -2.13. The highest BCUT2D eigenvalue weighted by molar-refractivity contribution is 6.39. The summed E-state index contributed by atoms with van der Waals surface area (Å²) >= 11 is 0. The summed E-state index contributed by atoms with van der Waals surface area (Å²) in [5, 5.41) is 6.75. The number of carbonyl (C=O) groups excluding carboxylic acids is 2. The zero-order valence-electron chi connectivity index (χ0n) is 10.7. The fourth-order valence-corrected chi connectivity index (χ4v) is 1.70. The molecular weight excluding hydrogens is 248 g/mol. The standard InChI is InChI=1S/C12H16N4O3/c1-2-19-12(18)10-6-8(7-14-10)15-16-9-4-3-5-13-11(9)17/h6-7,14-15H,2-5H2,1H3,(H,13,17)/b16-9-. The van der Waals surface area contributed by atoms with Gasteiger partial charge >= 0.3 is 5.97 Å². The van der Waals surface area contributed by atoms with Crippen molar-refractivity contribution in [2.24, 2.45) is 5.10 Å². The van der Waals surface area contributed by atoms with Crippen molar-refractivity contribution >= 4 is 23.3 Å². The van der Waals surface area contributed by atoms with Crippen LogP contribution in [0.1, 0.15) is 30.3 Å². The van der Waals surface area contributed by atoms with Crippen molar-refractivity contribution in [1.82, 2.24) is 10.3 Å². The lowest BCUT2D eigenvalue weighted by molar-refractivity contribution is -0.115. The summed E-state index contributed by atoms with van der Waals surface area (Å²) in [6.45, 7) is 2.76. The minimum Gasteiger partial charge on any atom is -0.461 e. The van der Waals surface area contributed by atoms with Gasteiger partial charge in [-0.15, -0.1) is 0 Å². The van der Waals surface area contributed by atoms with Crippen LogP contribution in [0.2, 0.25) is 0 Å². The highest BCUT2D eigenvalue weighted by atomic mass is 16.5. The van der Waals surface area contributed by atoms with E-state index in [1.54, 1.807) is 19.2 Å². The van der Waals surface area contributed by atoms with Gasteiger partial charge in [0.25, 0.3) is 5.91 Å². The molecule has 2 heterocycles. The summed E-state index contributed by atoms with van der Waals surface area (Å²) in [5.41, 5.74) is 4.16. The van der Waals surface area contributed by atoms with Crippen LogP contribution in [0.25, 0.3) is 0 Å². The van der Waals surface area contributed by atoms with Crippen molar-refractivity contribution in [2.45, 2.75) is 19.8 Å². The van der Waals surface area contributed by atoms with Gasteiger partial charge in [0, 0.05) is 12.7 Å². The molecule has 0 aromatic carbocycles. The van der Waals surface area contributed by atoms with E-state index in [4.69, 9.17) is 4.74 Å². The normalized spacial score (nSPS) is 17.1. The maximum Gasteiger partial charge on any atom is 0.354 e. The number of hydrazone groups is 1. The molecule has 7 heteroatoms. The number of ether oxygens (including phenoxy) is 1. The van der Waals surface area contributed by atoms with Gasteiger partial charge in [0.15, 0.2) is 0 Å². The van der Waals surface area contributed by atoms with Gasteiger partial charge < -0.3 is 15.0 Å². The van der Waals surface area contributed by atoms with E-state index in [9.17, 15) is 9.59 Å².